The van der Waals surface area contributed by atoms with Crippen LogP contribution in [-0.4, -0.2) is 26.1 Å². The third kappa shape index (κ3) is 3.75. The van der Waals surface area contributed by atoms with Gasteiger partial charge < -0.3 is 15.4 Å². The molecule has 0 spiro atoms. The molecule has 4 heteroatoms. The Morgan fingerprint density at radius 2 is 1.82 bits per heavy atom. The van der Waals surface area contributed by atoms with Gasteiger partial charge in [0.2, 0.25) is 5.91 Å². The molecular weight excluding hydrogens is 216 g/mol. The number of ether oxygens (including phenoxy) is 1. The van der Waals surface area contributed by atoms with Crippen molar-refractivity contribution in [2.45, 2.75) is 25.9 Å². The molecule has 0 saturated heterocycles. The molecule has 0 bridgehead atoms. The number of hydrogen-bond acceptors (Lipinski definition) is 3. The zero-order chi connectivity index (χ0) is 12.8. The van der Waals surface area contributed by atoms with Crippen LogP contribution in [-0.2, 0) is 4.79 Å². The maximum atomic E-state index is 11.7. The predicted octanol–water partition coefficient (Wildman–Crippen LogP) is 1.48. The highest BCUT2D eigenvalue weighted by atomic mass is 16.5. The van der Waals surface area contributed by atoms with Crippen molar-refractivity contribution in [2.24, 2.45) is 0 Å². The van der Waals surface area contributed by atoms with E-state index in [0.29, 0.717) is 0 Å². The van der Waals surface area contributed by atoms with Crippen molar-refractivity contribution < 1.29 is 9.53 Å². The van der Waals surface area contributed by atoms with Crippen LogP contribution in [0.15, 0.2) is 24.3 Å². The number of carbonyl (C=O) groups is 1. The van der Waals surface area contributed by atoms with Gasteiger partial charge in [0.1, 0.15) is 5.75 Å². The Bertz CT molecular complexity index is 362. The summed E-state index contributed by atoms with van der Waals surface area (Å²) in [6.45, 7) is 3.79. The quantitative estimate of drug-likeness (QED) is 0.814. The monoisotopic (exact) mass is 236 g/mol. The van der Waals surface area contributed by atoms with E-state index in [1.807, 2.05) is 38.1 Å². The third-order valence-electron chi connectivity index (χ3n) is 2.80. The summed E-state index contributed by atoms with van der Waals surface area (Å²) in [5.41, 5.74) is 1.06. The SMILES string of the molecule is CNC(C)C(=O)NC(C)c1ccc(OC)cc1. The van der Waals surface area contributed by atoms with Crippen LogP contribution in [0.1, 0.15) is 25.5 Å². The highest BCUT2D eigenvalue weighted by molar-refractivity contribution is 5.81. The van der Waals surface area contributed by atoms with Gasteiger partial charge in [0, 0.05) is 0 Å². The molecule has 2 unspecified atom stereocenters. The summed E-state index contributed by atoms with van der Waals surface area (Å²) in [6, 6.07) is 7.49. The summed E-state index contributed by atoms with van der Waals surface area (Å²) >= 11 is 0. The summed E-state index contributed by atoms with van der Waals surface area (Å²) in [5.74, 6) is 0.812. The van der Waals surface area contributed by atoms with E-state index >= 15 is 0 Å². The number of benzene rings is 1. The molecule has 0 radical (unpaired) electrons. The van der Waals surface area contributed by atoms with Gasteiger partial charge in [-0.15, -0.1) is 0 Å². The zero-order valence-electron chi connectivity index (χ0n) is 10.8. The van der Waals surface area contributed by atoms with Crippen molar-refractivity contribution in [2.75, 3.05) is 14.2 Å². The lowest BCUT2D eigenvalue weighted by atomic mass is 10.1. The van der Waals surface area contributed by atoms with Crippen molar-refractivity contribution in [1.29, 1.82) is 0 Å². The molecule has 2 atom stereocenters. The number of methoxy groups -OCH3 is 1. The molecule has 1 aromatic carbocycles. The molecule has 0 aliphatic heterocycles. The maximum Gasteiger partial charge on any atom is 0.237 e. The number of nitrogens with one attached hydrogen (secondary N) is 2. The second-order valence-electron chi connectivity index (χ2n) is 4.01. The van der Waals surface area contributed by atoms with E-state index in [-0.39, 0.29) is 18.0 Å². The Labute approximate surface area is 102 Å². The molecule has 0 saturated carbocycles. The van der Waals surface area contributed by atoms with Gasteiger partial charge in [-0.2, -0.15) is 0 Å². The van der Waals surface area contributed by atoms with Crippen molar-refractivity contribution in [1.82, 2.24) is 10.6 Å². The average Bonchev–Trinajstić information content (AvgIpc) is 2.37. The lowest BCUT2D eigenvalue weighted by molar-refractivity contribution is -0.123. The molecular formula is C13H20N2O2. The van der Waals surface area contributed by atoms with Crippen LogP contribution >= 0.6 is 0 Å². The van der Waals surface area contributed by atoms with Gasteiger partial charge in [-0.25, -0.2) is 0 Å². The van der Waals surface area contributed by atoms with Gasteiger partial charge in [-0.3, -0.25) is 4.79 Å². The van der Waals surface area contributed by atoms with Gasteiger partial charge in [-0.05, 0) is 38.6 Å². The van der Waals surface area contributed by atoms with Crippen molar-refractivity contribution in [3.63, 3.8) is 0 Å². The Kier molecular flexibility index (Phi) is 4.97. The fourth-order valence-corrected chi connectivity index (χ4v) is 1.45. The number of hydrogen-bond donors (Lipinski definition) is 2. The smallest absolute Gasteiger partial charge is 0.237 e. The van der Waals surface area contributed by atoms with Crippen LogP contribution in [0.3, 0.4) is 0 Å². The third-order valence-corrected chi connectivity index (χ3v) is 2.80. The van der Waals surface area contributed by atoms with Crippen LogP contribution in [0.2, 0.25) is 0 Å². The number of likely N-dealkylation sites (N-methyl/N-ethyl adjacent to an activating group) is 1. The summed E-state index contributed by atoms with van der Waals surface area (Å²) in [7, 11) is 3.40. The standard InChI is InChI=1S/C13H20N2O2/c1-9(15-13(16)10(2)14-3)11-5-7-12(17-4)8-6-11/h5-10,14H,1-4H3,(H,15,16). The Morgan fingerprint density at radius 3 is 2.29 bits per heavy atom. The summed E-state index contributed by atoms with van der Waals surface area (Å²) in [4.78, 5) is 11.7. The highest BCUT2D eigenvalue weighted by Crippen LogP contribution is 2.17. The lowest BCUT2D eigenvalue weighted by Gasteiger charge is -2.17. The van der Waals surface area contributed by atoms with Crippen LogP contribution in [0.25, 0.3) is 0 Å². The van der Waals surface area contributed by atoms with E-state index in [4.69, 9.17) is 4.74 Å². The van der Waals surface area contributed by atoms with E-state index in [2.05, 4.69) is 10.6 Å². The molecule has 17 heavy (non-hydrogen) atoms. The Morgan fingerprint density at radius 1 is 1.24 bits per heavy atom. The first-order chi connectivity index (χ1) is 8.08. The van der Waals surface area contributed by atoms with E-state index in [9.17, 15) is 4.79 Å². The zero-order valence-corrected chi connectivity index (χ0v) is 10.8. The Balaban J connectivity index is 2.63. The van der Waals surface area contributed by atoms with Crippen LogP contribution in [0.4, 0.5) is 0 Å². The molecule has 4 nitrogen and oxygen atoms in total. The van der Waals surface area contributed by atoms with Gasteiger partial charge in [0.15, 0.2) is 0 Å². The van der Waals surface area contributed by atoms with Gasteiger partial charge >= 0.3 is 0 Å². The number of rotatable bonds is 5. The summed E-state index contributed by atoms with van der Waals surface area (Å²) in [5, 5.41) is 5.85. The molecule has 94 valence electrons. The normalized spacial score (nSPS) is 13.9. The van der Waals surface area contributed by atoms with Crippen LogP contribution < -0.4 is 15.4 Å². The van der Waals surface area contributed by atoms with Gasteiger partial charge in [0.05, 0.1) is 19.2 Å². The second-order valence-corrected chi connectivity index (χ2v) is 4.01. The minimum Gasteiger partial charge on any atom is -0.497 e. The van der Waals surface area contributed by atoms with Gasteiger partial charge in [-0.1, -0.05) is 12.1 Å². The molecule has 1 aromatic rings. The van der Waals surface area contributed by atoms with Crippen molar-refractivity contribution in [3.05, 3.63) is 29.8 Å². The highest BCUT2D eigenvalue weighted by Gasteiger charge is 2.14. The van der Waals surface area contributed by atoms with Gasteiger partial charge in [0.25, 0.3) is 0 Å². The molecule has 0 heterocycles. The van der Waals surface area contributed by atoms with E-state index in [0.717, 1.165) is 11.3 Å². The maximum absolute atomic E-state index is 11.7. The van der Waals surface area contributed by atoms with E-state index < -0.39 is 0 Å². The minimum atomic E-state index is -0.185. The average molecular weight is 236 g/mol. The van der Waals surface area contributed by atoms with E-state index in [1.165, 1.54) is 0 Å². The van der Waals surface area contributed by atoms with Crippen LogP contribution in [0.5, 0.6) is 5.75 Å². The topological polar surface area (TPSA) is 50.4 Å². The first-order valence-electron chi connectivity index (χ1n) is 5.70. The number of amides is 1. The fraction of sp³-hybridized carbons (Fsp3) is 0.462. The predicted molar refractivity (Wildman–Crippen MR) is 68.1 cm³/mol. The van der Waals surface area contributed by atoms with Crippen molar-refractivity contribution >= 4 is 5.91 Å². The van der Waals surface area contributed by atoms with E-state index in [1.54, 1.807) is 14.2 Å². The summed E-state index contributed by atoms with van der Waals surface area (Å²) in [6.07, 6.45) is 0. The summed E-state index contributed by atoms with van der Waals surface area (Å²) < 4.78 is 5.09. The molecule has 0 aliphatic rings. The first kappa shape index (κ1) is 13.5. The molecule has 2 N–H and O–H groups in total. The second kappa shape index (κ2) is 6.25. The fourth-order valence-electron chi connectivity index (χ4n) is 1.45. The Hall–Kier alpha value is -1.55. The first-order valence-corrected chi connectivity index (χ1v) is 5.70. The largest absolute Gasteiger partial charge is 0.497 e. The molecule has 0 aromatic heterocycles. The number of carbonyl (C=O) groups excluding carboxylic acids is 1. The van der Waals surface area contributed by atoms with Crippen molar-refractivity contribution in [3.8, 4) is 5.75 Å². The van der Waals surface area contributed by atoms with Crippen LogP contribution in [0, 0.1) is 0 Å². The molecule has 0 aliphatic carbocycles. The molecule has 1 rings (SSSR count). The lowest BCUT2D eigenvalue weighted by Crippen LogP contribution is -2.41. The molecule has 1 amide bonds. The minimum absolute atomic E-state index is 0.00387. The molecule has 0 fully saturated rings.